The van der Waals surface area contributed by atoms with Crippen LogP contribution in [0.3, 0.4) is 0 Å². The molecule has 1 N–H and O–H groups in total. The van der Waals surface area contributed by atoms with Gasteiger partial charge in [-0.1, -0.05) is 6.92 Å². The van der Waals surface area contributed by atoms with Crippen molar-refractivity contribution in [2.45, 2.75) is 32.0 Å². The van der Waals surface area contributed by atoms with Crippen molar-refractivity contribution in [1.29, 1.82) is 0 Å². The summed E-state index contributed by atoms with van der Waals surface area (Å²) >= 11 is 0. The highest BCUT2D eigenvalue weighted by atomic mass is 19.1. The number of ether oxygens (including phenoxy) is 1. The van der Waals surface area contributed by atoms with Gasteiger partial charge in [0.2, 0.25) is 5.91 Å². The molecule has 1 heterocycles. The van der Waals surface area contributed by atoms with Crippen molar-refractivity contribution in [1.82, 2.24) is 4.90 Å². The van der Waals surface area contributed by atoms with Crippen LogP contribution in [-0.2, 0) is 4.79 Å². The number of nitrogens with zero attached hydrogens (tertiary/aromatic N) is 1. The number of carboxylic acids is 1. The maximum absolute atomic E-state index is 13.5. The van der Waals surface area contributed by atoms with Crippen molar-refractivity contribution in [3.05, 3.63) is 29.8 Å². The third-order valence-corrected chi connectivity index (χ3v) is 3.53. The van der Waals surface area contributed by atoms with Crippen LogP contribution in [-0.4, -0.2) is 47.2 Å². The monoisotopic (exact) mass is 295 g/mol. The fourth-order valence-electron chi connectivity index (χ4n) is 2.41. The second-order valence-corrected chi connectivity index (χ2v) is 5.03. The highest BCUT2D eigenvalue weighted by molar-refractivity contribution is 5.87. The van der Waals surface area contributed by atoms with Crippen molar-refractivity contribution in [2.75, 3.05) is 13.2 Å². The number of carboxylic acid groups (broad SMARTS) is 1. The lowest BCUT2D eigenvalue weighted by Gasteiger charge is -2.24. The summed E-state index contributed by atoms with van der Waals surface area (Å²) in [5.74, 6) is -0.575. The van der Waals surface area contributed by atoms with Crippen LogP contribution in [0.2, 0.25) is 0 Å². The van der Waals surface area contributed by atoms with E-state index in [0.29, 0.717) is 12.2 Å². The first-order chi connectivity index (χ1) is 10.0. The molecule has 2 rings (SSSR count). The van der Waals surface area contributed by atoms with E-state index in [-0.39, 0.29) is 37.1 Å². The zero-order chi connectivity index (χ0) is 15.4. The normalized spacial score (nSPS) is 21.3. The van der Waals surface area contributed by atoms with Gasteiger partial charge in [0, 0.05) is 12.8 Å². The Labute approximate surface area is 122 Å². The van der Waals surface area contributed by atoms with Crippen molar-refractivity contribution >= 4 is 11.9 Å². The van der Waals surface area contributed by atoms with Crippen molar-refractivity contribution in [3.8, 4) is 5.75 Å². The zero-order valence-corrected chi connectivity index (χ0v) is 11.8. The second-order valence-electron chi connectivity index (χ2n) is 5.03. The molecule has 1 aromatic rings. The maximum Gasteiger partial charge on any atom is 0.335 e. The van der Waals surface area contributed by atoms with E-state index in [1.54, 1.807) is 19.1 Å². The van der Waals surface area contributed by atoms with Gasteiger partial charge in [-0.2, -0.15) is 0 Å². The number of hydrogen-bond donors (Lipinski definition) is 1. The highest BCUT2D eigenvalue weighted by Crippen LogP contribution is 2.22. The second kappa shape index (κ2) is 6.56. The molecule has 1 fully saturated rings. The lowest BCUT2D eigenvalue weighted by atomic mass is 10.2. The van der Waals surface area contributed by atoms with Gasteiger partial charge < -0.3 is 14.7 Å². The van der Waals surface area contributed by atoms with E-state index >= 15 is 0 Å². The first kappa shape index (κ1) is 15.3. The average Bonchev–Trinajstić information content (AvgIpc) is 2.85. The van der Waals surface area contributed by atoms with Gasteiger partial charge in [0.25, 0.3) is 0 Å². The van der Waals surface area contributed by atoms with Crippen LogP contribution in [0.25, 0.3) is 0 Å². The van der Waals surface area contributed by atoms with Gasteiger partial charge in [-0.15, -0.1) is 0 Å². The summed E-state index contributed by atoms with van der Waals surface area (Å²) < 4.78 is 19.0. The van der Waals surface area contributed by atoms with Crippen LogP contribution in [0.1, 0.15) is 30.1 Å². The van der Waals surface area contributed by atoms with Crippen LogP contribution < -0.4 is 4.74 Å². The number of rotatable bonds is 5. The van der Waals surface area contributed by atoms with Gasteiger partial charge in [0.05, 0.1) is 18.2 Å². The van der Waals surface area contributed by atoms with Gasteiger partial charge in [0.1, 0.15) is 18.5 Å². The Morgan fingerprint density at radius 1 is 1.38 bits per heavy atom. The quantitative estimate of drug-likeness (QED) is 0.903. The Morgan fingerprint density at radius 2 is 2.05 bits per heavy atom. The third kappa shape index (κ3) is 3.71. The van der Waals surface area contributed by atoms with Crippen LogP contribution >= 0.6 is 0 Å². The molecule has 114 valence electrons. The standard InChI is InChI=1S/C15H18FNO4/c1-2-14(18)17-8-11(16)7-12(17)9-21-13-5-3-10(4-6-13)15(19)20/h3-6,11-12H,2,7-9H2,1H3,(H,19,20)/t11-,12-/m0/s1. The molecule has 6 heteroatoms. The minimum absolute atomic E-state index is 0.0787. The van der Waals surface area contributed by atoms with Crippen molar-refractivity contribution < 1.29 is 23.8 Å². The fraction of sp³-hybridized carbons (Fsp3) is 0.467. The van der Waals surface area contributed by atoms with E-state index in [2.05, 4.69) is 0 Å². The van der Waals surface area contributed by atoms with Gasteiger partial charge >= 0.3 is 5.97 Å². The Balaban J connectivity index is 1.95. The molecule has 0 radical (unpaired) electrons. The summed E-state index contributed by atoms with van der Waals surface area (Å²) in [6.45, 7) is 2.08. The average molecular weight is 295 g/mol. The molecule has 0 saturated carbocycles. The van der Waals surface area contributed by atoms with E-state index in [1.807, 2.05) is 0 Å². The molecule has 0 bridgehead atoms. The van der Waals surface area contributed by atoms with E-state index in [1.165, 1.54) is 17.0 Å². The molecule has 2 atom stereocenters. The molecule has 0 aromatic heterocycles. The van der Waals surface area contributed by atoms with E-state index in [0.717, 1.165) is 0 Å². The summed E-state index contributed by atoms with van der Waals surface area (Å²) in [6.07, 6.45) is -0.390. The van der Waals surface area contributed by atoms with Gasteiger partial charge in [-0.3, -0.25) is 4.79 Å². The number of likely N-dealkylation sites (tertiary alicyclic amines) is 1. The van der Waals surface area contributed by atoms with Crippen molar-refractivity contribution in [3.63, 3.8) is 0 Å². The lowest BCUT2D eigenvalue weighted by molar-refractivity contribution is -0.132. The number of aromatic carboxylic acids is 1. The Hall–Kier alpha value is -2.11. The number of hydrogen-bond acceptors (Lipinski definition) is 3. The van der Waals surface area contributed by atoms with Crippen molar-refractivity contribution in [2.24, 2.45) is 0 Å². The Morgan fingerprint density at radius 3 is 2.62 bits per heavy atom. The van der Waals surface area contributed by atoms with Crippen LogP contribution in [0, 0.1) is 0 Å². The minimum atomic E-state index is -1.01. The fourth-order valence-corrected chi connectivity index (χ4v) is 2.41. The van der Waals surface area contributed by atoms with Crippen LogP contribution in [0.15, 0.2) is 24.3 Å². The molecule has 1 aliphatic heterocycles. The molecule has 1 saturated heterocycles. The third-order valence-electron chi connectivity index (χ3n) is 3.53. The smallest absolute Gasteiger partial charge is 0.335 e. The molecule has 1 amide bonds. The molecule has 5 nitrogen and oxygen atoms in total. The molecule has 0 unspecified atom stereocenters. The number of carbonyl (C=O) groups excluding carboxylic acids is 1. The largest absolute Gasteiger partial charge is 0.491 e. The number of alkyl halides is 1. The summed E-state index contributed by atoms with van der Waals surface area (Å²) in [5.41, 5.74) is 0.176. The summed E-state index contributed by atoms with van der Waals surface area (Å²) in [4.78, 5) is 24.0. The number of halogens is 1. The summed E-state index contributed by atoms with van der Waals surface area (Å²) in [7, 11) is 0. The molecule has 21 heavy (non-hydrogen) atoms. The topological polar surface area (TPSA) is 66.8 Å². The predicted molar refractivity (Wildman–Crippen MR) is 74.2 cm³/mol. The first-order valence-electron chi connectivity index (χ1n) is 6.91. The van der Waals surface area contributed by atoms with E-state index in [4.69, 9.17) is 9.84 Å². The molecular formula is C15H18FNO4. The number of amides is 1. The number of benzene rings is 1. The Bertz CT molecular complexity index is 517. The maximum atomic E-state index is 13.5. The predicted octanol–water partition coefficient (Wildman–Crippen LogP) is 2.11. The van der Waals surface area contributed by atoms with Gasteiger partial charge in [-0.25, -0.2) is 9.18 Å². The lowest BCUT2D eigenvalue weighted by Crippen LogP contribution is -2.38. The Kier molecular flexibility index (Phi) is 4.77. The van der Waals surface area contributed by atoms with E-state index < -0.39 is 12.1 Å². The molecule has 0 aliphatic carbocycles. The molecule has 0 spiro atoms. The highest BCUT2D eigenvalue weighted by Gasteiger charge is 2.34. The van der Waals surface area contributed by atoms with Crippen LogP contribution in [0.5, 0.6) is 5.75 Å². The molecule has 1 aliphatic rings. The molecular weight excluding hydrogens is 277 g/mol. The summed E-state index contributed by atoms with van der Waals surface area (Å²) in [6, 6.07) is 5.72. The summed E-state index contributed by atoms with van der Waals surface area (Å²) in [5, 5.41) is 8.80. The number of carbonyl (C=O) groups is 2. The zero-order valence-electron chi connectivity index (χ0n) is 11.8. The van der Waals surface area contributed by atoms with E-state index in [9.17, 15) is 14.0 Å². The van der Waals surface area contributed by atoms with Gasteiger partial charge in [-0.05, 0) is 24.3 Å². The minimum Gasteiger partial charge on any atom is -0.491 e. The SMILES string of the molecule is CCC(=O)N1C[C@@H](F)C[C@H]1COc1ccc(C(=O)O)cc1. The van der Waals surface area contributed by atoms with Gasteiger partial charge in [0.15, 0.2) is 0 Å². The molecule has 1 aromatic carbocycles. The first-order valence-corrected chi connectivity index (χ1v) is 6.91. The van der Waals surface area contributed by atoms with Crippen LogP contribution in [0.4, 0.5) is 4.39 Å².